The Morgan fingerprint density at radius 2 is 2.00 bits per heavy atom. The summed E-state index contributed by atoms with van der Waals surface area (Å²) in [5.41, 5.74) is 2.42. The van der Waals surface area contributed by atoms with Crippen molar-refractivity contribution in [2.24, 2.45) is 5.92 Å². The number of carboxylic acids is 1. The Morgan fingerprint density at radius 1 is 1.37 bits per heavy atom. The van der Waals surface area contributed by atoms with Crippen molar-refractivity contribution in [3.8, 4) is 0 Å². The first-order valence-corrected chi connectivity index (χ1v) is 6.64. The zero-order chi connectivity index (χ0) is 14.4. The van der Waals surface area contributed by atoms with Crippen LogP contribution in [0.5, 0.6) is 0 Å². The van der Waals surface area contributed by atoms with Crippen LogP contribution in [0.25, 0.3) is 0 Å². The van der Waals surface area contributed by atoms with Gasteiger partial charge in [0.05, 0.1) is 5.92 Å². The fourth-order valence-electron chi connectivity index (χ4n) is 2.43. The van der Waals surface area contributed by atoms with E-state index in [2.05, 4.69) is 0 Å². The summed E-state index contributed by atoms with van der Waals surface area (Å²) in [7, 11) is 0. The van der Waals surface area contributed by atoms with Crippen molar-refractivity contribution in [1.29, 1.82) is 0 Å². The van der Waals surface area contributed by atoms with Gasteiger partial charge < -0.3 is 5.11 Å². The first-order chi connectivity index (χ1) is 8.70. The molecule has 0 aliphatic carbocycles. The van der Waals surface area contributed by atoms with Crippen molar-refractivity contribution < 1.29 is 23.1 Å². The number of carbonyl (C=O) groups is 1. The lowest BCUT2D eigenvalue weighted by Gasteiger charge is -2.32. The Hall–Kier alpha value is -1.17. The Morgan fingerprint density at radius 3 is 2.53 bits per heavy atom. The summed E-state index contributed by atoms with van der Waals surface area (Å²) in [4.78, 5) is 11.7. The monoisotopic (exact) mass is 290 g/mol. The number of aliphatic carboxylic acids is 1. The van der Waals surface area contributed by atoms with Gasteiger partial charge in [-0.05, 0) is 31.4 Å². The highest BCUT2D eigenvalue weighted by Crippen LogP contribution is 2.47. The van der Waals surface area contributed by atoms with E-state index >= 15 is 0 Å². The van der Waals surface area contributed by atoms with Gasteiger partial charge in [-0.25, -0.2) is 0 Å². The molecule has 2 unspecified atom stereocenters. The molecule has 0 spiro atoms. The van der Waals surface area contributed by atoms with Crippen LogP contribution in [-0.2, 0) is 11.2 Å². The number of thioether (sulfide) groups is 1. The van der Waals surface area contributed by atoms with E-state index in [1.807, 2.05) is 13.0 Å². The maximum absolute atomic E-state index is 13.0. The number of alkyl halides is 3. The predicted molar refractivity (Wildman–Crippen MR) is 66.4 cm³/mol. The van der Waals surface area contributed by atoms with Crippen molar-refractivity contribution in [2.75, 3.05) is 0 Å². The molecule has 1 aliphatic rings. The number of fused-ring (bicyclic) bond motifs is 1. The molecule has 1 N–H and O–H groups in total. The van der Waals surface area contributed by atoms with Gasteiger partial charge in [0.25, 0.3) is 0 Å². The molecule has 2 atom stereocenters. The molecule has 0 saturated carbocycles. The third-order valence-electron chi connectivity index (χ3n) is 3.19. The molecule has 19 heavy (non-hydrogen) atoms. The Bertz CT molecular complexity index is 525. The third-order valence-corrected chi connectivity index (χ3v) is 4.86. The molecule has 6 heteroatoms. The molecule has 1 aliphatic heterocycles. The lowest BCUT2D eigenvalue weighted by molar-refractivity contribution is -0.160. The topological polar surface area (TPSA) is 37.3 Å². The molecule has 0 fully saturated rings. The van der Waals surface area contributed by atoms with Crippen LogP contribution < -0.4 is 0 Å². The summed E-state index contributed by atoms with van der Waals surface area (Å²) < 4.78 is 38.9. The van der Waals surface area contributed by atoms with Crippen LogP contribution in [0.15, 0.2) is 17.0 Å². The highest BCUT2D eigenvalue weighted by Gasteiger charge is 2.50. The van der Waals surface area contributed by atoms with Crippen molar-refractivity contribution in [3.05, 3.63) is 28.8 Å². The number of benzene rings is 1. The van der Waals surface area contributed by atoms with Gasteiger partial charge in [-0.1, -0.05) is 17.7 Å². The summed E-state index contributed by atoms with van der Waals surface area (Å²) in [5.74, 6) is -2.81. The highest BCUT2D eigenvalue weighted by atomic mass is 32.2. The standard InChI is InChI=1S/C13H13F3O2S/c1-6-3-7(2)10-8(4-6)5-9(12(17)18)11(19-10)13(14,15)16/h3-4,9,11H,5H2,1-2H3,(H,17,18). The minimum Gasteiger partial charge on any atom is -0.481 e. The van der Waals surface area contributed by atoms with E-state index in [0.29, 0.717) is 22.2 Å². The van der Waals surface area contributed by atoms with E-state index in [4.69, 9.17) is 5.11 Å². The number of halogens is 3. The van der Waals surface area contributed by atoms with Gasteiger partial charge in [0.15, 0.2) is 0 Å². The molecule has 0 bridgehead atoms. The van der Waals surface area contributed by atoms with Crippen LogP contribution in [0.3, 0.4) is 0 Å². The molecule has 2 nitrogen and oxygen atoms in total. The second kappa shape index (κ2) is 4.74. The molecular formula is C13H13F3O2S. The van der Waals surface area contributed by atoms with Gasteiger partial charge in [-0.2, -0.15) is 13.2 Å². The van der Waals surface area contributed by atoms with E-state index in [1.165, 1.54) is 0 Å². The Kier molecular flexibility index (Phi) is 3.55. The number of hydrogen-bond acceptors (Lipinski definition) is 2. The molecule has 0 aromatic heterocycles. The fraction of sp³-hybridized carbons (Fsp3) is 0.462. The molecule has 104 valence electrons. The zero-order valence-electron chi connectivity index (χ0n) is 10.4. The van der Waals surface area contributed by atoms with E-state index in [9.17, 15) is 18.0 Å². The average Bonchev–Trinajstić information content (AvgIpc) is 2.25. The predicted octanol–water partition coefficient (Wildman–Crippen LogP) is 3.58. The first kappa shape index (κ1) is 14.2. The molecular weight excluding hydrogens is 277 g/mol. The van der Waals surface area contributed by atoms with Gasteiger partial charge in [-0.15, -0.1) is 11.8 Å². The van der Waals surface area contributed by atoms with Crippen molar-refractivity contribution in [1.82, 2.24) is 0 Å². The molecule has 0 saturated heterocycles. The summed E-state index contributed by atoms with van der Waals surface area (Å²) in [6.45, 7) is 3.61. The lowest BCUT2D eigenvalue weighted by atomic mass is 9.92. The number of carboxylic acid groups (broad SMARTS) is 1. The third kappa shape index (κ3) is 2.73. The number of hydrogen-bond donors (Lipinski definition) is 1. The normalized spacial score (nSPS) is 23.0. The van der Waals surface area contributed by atoms with Gasteiger partial charge in [0.1, 0.15) is 5.25 Å². The van der Waals surface area contributed by atoms with Crippen LogP contribution in [0.4, 0.5) is 13.2 Å². The molecule has 0 radical (unpaired) electrons. The van der Waals surface area contributed by atoms with Crippen molar-refractivity contribution >= 4 is 17.7 Å². The van der Waals surface area contributed by atoms with Crippen LogP contribution >= 0.6 is 11.8 Å². The minimum absolute atomic E-state index is 0.0651. The van der Waals surface area contributed by atoms with E-state index in [0.717, 1.165) is 11.1 Å². The van der Waals surface area contributed by atoms with Crippen LogP contribution in [0.2, 0.25) is 0 Å². The smallest absolute Gasteiger partial charge is 0.401 e. The highest BCUT2D eigenvalue weighted by molar-refractivity contribution is 8.00. The van der Waals surface area contributed by atoms with Gasteiger partial charge in [0.2, 0.25) is 0 Å². The van der Waals surface area contributed by atoms with Gasteiger partial charge in [0, 0.05) is 4.90 Å². The van der Waals surface area contributed by atoms with Gasteiger partial charge >= 0.3 is 12.1 Å². The summed E-state index contributed by atoms with van der Waals surface area (Å²) in [6, 6.07) is 3.60. The Labute approximate surface area is 113 Å². The molecule has 2 rings (SSSR count). The summed E-state index contributed by atoms with van der Waals surface area (Å²) in [5, 5.41) is 7.15. The summed E-state index contributed by atoms with van der Waals surface area (Å²) >= 11 is 0.630. The maximum atomic E-state index is 13.0. The SMILES string of the molecule is Cc1cc(C)c2c(c1)CC(C(=O)O)C(C(F)(F)F)S2. The zero-order valence-corrected chi connectivity index (χ0v) is 11.2. The second-order valence-corrected chi connectivity index (χ2v) is 5.95. The number of aryl methyl sites for hydroxylation is 2. The van der Waals surface area contributed by atoms with Crippen molar-refractivity contribution in [3.63, 3.8) is 0 Å². The molecule has 0 amide bonds. The quantitative estimate of drug-likeness (QED) is 0.859. The van der Waals surface area contributed by atoms with Gasteiger partial charge in [-0.3, -0.25) is 4.79 Å². The molecule has 1 heterocycles. The number of rotatable bonds is 1. The van der Waals surface area contributed by atoms with Crippen LogP contribution in [0, 0.1) is 19.8 Å². The Balaban J connectivity index is 2.48. The van der Waals surface area contributed by atoms with Crippen LogP contribution in [-0.4, -0.2) is 22.5 Å². The molecule has 1 aromatic rings. The van der Waals surface area contributed by atoms with Crippen molar-refractivity contribution in [2.45, 2.75) is 36.6 Å². The average molecular weight is 290 g/mol. The fourth-order valence-corrected chi connectivity index (χ4v) is 3.73. The van der Waals surface area contributed by atoms with E-state index in [1.54, 1.807) is 13.0 Å². The minimum atomic E-state index is -4.51. The van der Waals surface area contributed by atoms with E-state index < -0.39 is 23.3 Å². The van der Waals surface area contributed by atoms with E-state index in [-0.39, 0.29) is 6.42 Å². The summed E-state index contributed by atoms with van der Waals surface area (Å²) in [6.07, 6.45) is -4.58. The largest absolute Gasteiger partial charge is 0.481 e. The van der Waals surface area contributed by atoms with Crippen LogP contribution in [0.1, 0.15) is 16.7 Å². The first-order valence-electron chi connectivity index (χ1n) is 5.76. The second-order valence-electron chi connectivity index (χ2n) is 4.80. The maximum Gasteiger partial charge on any atom is 0.401 e. The lowest BCUT2D eigenvalue weighted by Crippen LogP contribution is -2.41. The molecule has 1 aromatic carbocycles.